The fraction of sp³-hybridized carbons (Fsp3) is 0.133. The lowest BCUT2D eigenvalue weighted by Gasteiger charge is -2.16. The molecule has 0 saturated heterocycles. The van der Waals surface area contributed by atoms with Crippen molar-refractivity contribution < 1.29 is 9.53 Å². The van der Waals surface area contributed by atoms with Crippen LogP contribution in [0, 0.1) is 0 Å². The first kappa shape index (κ1) is 16.1. The van der Waals surface area contributed by atoms with Gasteiger partial charge in [-0.15, -0.1) is 0 Å². The molecule has 0 spiro atoms. The average Bonchev–Trinajstić information content (AvgIpc) is 2.44. The predicted octanol–water partition coefficient (Wildman–Crippen LogP) is 5.16. The van der Waals surface area contributed by atoms with Gasteiger partial charge in [0.1, 0.15) is 5.75 Å². The zero-order valence-electron chi connectivity index (χ0n) is 11.1. The van der Waals surface area contributed by atoms with E-state index < -0.39 is 6.10 Å². The lowest BCUT2D eigenvalue weighted by atomic mass is 10.3. The smallest absolute Gasteiger partial charge is 0.265 e. The van der Waals surface area contributed by atoms with E-state index >= 15 is 0 Å². The third-order valence-corrected chi connectivity index (χ3v) is 3.88. The minimum atomic E-state index is -0.682. The predicted molar refractivity (Wildman–Crippen MR) is 89.3 cm³/mol. The summed E-state index contributed by atoms with van der Waals surface area (Å²) in [5, 5.41) is 3.79. The van der Waals surface area contributed by atoms with Crippen LogP contribution in [-0.4, -0.2) is 12.0 Å². The van der Waals surface area contributed by atoms with Gasteiger partial charge < -0.3 is 10.1 Å². The molecule has 21 heavy (non-hydrogen) atoms. The van der Waals surface area contributed by atoms with Crippen LogP contribution in [0.5, 0.6) is 5.75 Å². The van der Waals surface area contributed by atoms with Crippen molar-refractivity contribution in [3.63, 3.8) is 0 Å². The maximum Gasteiger partial charge on any atom is 0.265 e. The molecule has 2 aromatic carbocycles. The molecule has 110 valence electrons. The number of carbonyl (C=O) groups is 1. The first-order valence-corrected chi connectivity index (χ1v) is 7.69. The number of benzene rings is 2. The number of ether oxygens (including phenoxy) is 1. The standard InChI is InChI=1S/C15H12BrCl2NO2/c1-9(21-14-7-6-10(17)8-11(14)16)15(20)19-13-5-3-2-4-12(13)18/h2-9H,1H3,(H,19,20)/t9-/m0/s1. The van der Waals surface area contributed by atoms with Crippen LogP contribution in [0.15, 0.2) is 46.9 Å². The van der Waals surface area contributed by atoms with Crippen LogP contribution in [0.4, 0.5) is 5.69 Å². The van der Waals surface area contributed by atoms with Crippen molar-refractivity contribution >= 4 is 50.7 Å². The highest BCUT2D eigenvalue weighted by Crippen LogP contribution is 2.29. The number of hydrogen-bond donors (Lipinski definition) is 1. The Bertz CT molecular complexity index is 664. The minimum absolute atomic E-state index is 0.287. The third kappa shape index (κ3) is 4.37. The second-order valence-corrected chi connectivity index (χ2v) is 6.00. The summed E-state index contributed by atoms with van der Waals surface area (Å²) < 4.78 is 6.30. The summed E-state index contributed by atoms with van der Waals surface area (Å²) in [6.07, 6.45) is -0.682. The zero-order chi connectivity index (χ0) is 15.4. The Morgan fingerprint density at radius 2 is 1.95 bits per heavy atom. The molecule has 2 rings (SSSR count). The minimum Gasteiger partial charge on any atom is -0.480 e. The van der Waals surface area contributed by atoms with Crippen molar-refractivity contribution in [1.82, 2.24) is 0 Å². The summed E-state index contributed by atoms with van der Waals surface area (Å²) in [4.78, 5) is 12.1. The number of hydrogen-bond acceptors (Lipinski definition) is 2. The monoisotopic (exact) mass is 387 g/mol. The highest BCUT2D eigenvalue weighted by atomic mass is 79.9. The molecule has 1 amide bonds. The average molecular weight is 389 g/mol. The maximum absolute atomic E-state index is 12.1. The molecule has 1 N–H and O–H groups in total. The van der Waals surface area contributed by atoms with E-state index in [1.165, 1.54) is 0 Å². The van der Waals surface area contributed by atoms with E-state index in [4.69, 9.17) is 27.9 Å². The molecule has 1 atom stereocenters. The molecule has 0 aliphatic heterocycles. The highest BCUT2D eigenvalue weighted by molar-refractivity contribution is 9.10. The van der Waals surface area contributed by atoms with Crippen LogP contribution in [0.3, 0.4) is 0 Å². The SMILES string of the molecule is C[C@H](Oc1ccc(Cl)cc1Br)C(=O)Nc1ccccc1Cl. The zero-order valence-corrected chi connectivity index (χ0v) is 14.2. The maximum atomic E-state index is 12.1. The lowest BCUT2D eigenvalue weighted by Crippen LogP contribution is -2.30. The molecular weight excluding hydrogens is 377 g/mol. The molecule has 3 nitrogen and oxygen atoms in total. The molecular formula is C15H12BrCl2NO2. The summed E-state index contributed by atoms with van der Waals surface area (Å²) in [5.41, 5.74) is 0.551. The van der Waals surface area contributed by atoms with E-state index in [2.05, 4.69) is 21.2 Å². The van der Waals surface area contributed by atoms with Crippen LogP contribution in [-0.2, 0) is 4.79 Å². The Morgan fingerprint density at radius 3 is 2.62 bits per heavy atom. The summed E-state index contributed by atoms with van der Waals surface area (Å²) >= 11 is 15.2. The van der Waals surface area contributed by atoms with Gasteiger partial charge in [-0.2, -0.15) is 0 Å². The molecule has 6 heteroatoms. The van der Waals surface area contributed by atoms with Gasteiger partial charge in [0, 0.05) is 5.02 Å². The van der Waals surface area contributed by atoms with Gasteiger partial charge in [0.05, 0.1) is 15.2 Å². The third-order valence-electron chi connectivity index (χ3n) is 2.70. The Labute approximate surface area is 141 Å². The Morgan fingerprint density at radius 1 is 1.24 bits per heavy atom. The van der Waals surface area contributed by atoms with Crippen molar-refractivity contribution in [3.8, 4) is 5.75 Å². The van der Waals surface area contributed by atoms with Gasteiger partial charge in [0.2, 0.25) is 0 Å². The molecule has 0 saturated carbocycles. The van der Waals surface area contributed by atoms with Gasteiger partial charge in [-0.3, -0.25) is 4.79 Å². The molecule has 0 aliphatic rings. The molecule has 0 fully saturated rings. The van der Waals surface area contributed by atoms with Crippen molar-refractivity contribution in [1.29, 1.82) is 0 Å². The van der Waals surface area contributed by atoms with E-state index in [0.717, 1.165) is 0 Å². The first-order chi connectivity index (χ1) is 9.97. The van der Waals surface area contributed by atoms with Crippen LogP contribution in [0.25, 0.3) is 0 Å². The number of halogens is 3. The number of rotatable bonds is 4. The second kappa shape index (κ2) is 7.16. The van der Waals surface area contributed by atoms with E-state index in [1.54, 1.807) is 49.4 Å². The largest absolute Gasteiger partial charge is 0.480 e. The van der Waals surface area contributed by atoms with Crippen molar-refractivity contribution in [2.24, 2.45) is 0 Å². The van der Waals surface area contributed by atoms with Crippen molar-refractivity contribution in [2.45, 2.75) is 13.0 Å². The quantitative estimate of drug-likeness (QED) is 0.785. The number of amides is 1. The lowest BCUT2D eigenvalue weighted by molar-refractivity contribution is -0.122. The van der Waals surface area contributed by atoms with Gasteiger partial charge in [0.25, 0.3) is 5.91 Å². The Hall–Kier alpha value is -1.23. The van der Waals surface area contributed by atoms with E-state index in [-0.39, 0.29) is 5.91 Å². The molecule has 0 bridgehead atoms. The van der Waals surface area contributed by atoms with E-state index in [9.17, 15) is 4.79 Å². The number of anilines is 1. The van der Waals surface area contributed by atoms with Gasteiger partial charge in [-0.1, -0.05) is 35.3 Å². The first-order valence-electron chi connectivity index (χ1n) is 6.14. The summed E-state index contributed by atoms with van der Waals surface area (Å²) in [6, 6.07) is 12.1. The fourth-order valence-corrected chi connectivity index (χ4v) is 2.57. The van der Waals surface area contributed by atoms with Crippen LogP contribution < -0.4 is 10.1 Å². The van der Waals surface area contributed by atoms with Gasteiger partial charge in [-0.05, 0) is 53.2 Å². The molecule has 0 aromatic heterocycles. The van der Waals surface area contributed by atoms with Crippen LogP contribution in [0.2, 0.25) is 10.0 Å². The highest BCUT2D eigenvalue weighted by Gasteiger charge is 2.17. The fourth-order valence-electron chi connectivity index (χ4n) is 1.61. The molecule has 0 aliphatic carbocycles. The molecule has 0 unspecified atom stereocenters. The van der Waals surface area contributed by atoms with E-state index in [0.29, 0.717) is 26.0 Å². The number of para-hydroxylation sites is 1. The normalized spacial score (nSPS) is 11.8. The van der Waals surface area contributed by atoms with Gasteiger partial charge in [-0.25, -0.2) is 0 Å². The summed E-state index contributed by atoms with van der Waals surface area (Å²) in [5.74, 6) is 0.256. The van der Waals surface area contributed by atoms with Gasteiger partial charge in [0.15, 0.2) is 6.10 Å². The second-order valence-electron chi connectivity index (χ2n) is 4.30. The molecule has 2 aromatic rings. The Balaban J connectivity index is 2.04. The van der Waals surface area contributed by atoms with Crippen molar-refractivity contribution in [2.75, 3.05) is 5.32 Å². The van der Waals surface area contributed by atoms with Crippen LogP contribution in [0.1, 0.15) is 6.92 Å². The van der Waals surface area contributed by atoms with Gasteiger partial charge >= 0.3 is 0 Å². The number of carbonyl (C=O) groups excluding carboxylic acids is 1. The topological polar surface area (TPSA) is 38.3 Å². The summed E-state index contributed by atoms with van der Waals surface area (Å²) in [7, 11) is 0. The summed E-state index contributed by atoms with van der Waals surface area (Å²) in [6.45, 7) is 1.66. The van der Waals surface area contributed by atoms with Crippen LogP contribution >= 0.6 is 39.1 Å². The van der Waals surface area contributed by atoms with Crippen molar-refractivity contribution in [3.05, 3.63) is 57.0 Å². The number of nitrogens with one attached hydrogen (secondary N) is 1. The Kier molecular flexibility index (Phi) is 5.51. The molecule has 0 heterocycles. The molecule has 0 radical (unpaired) electrons. The van der Waals surface area contributed by atoms with E-state index in [1.807, 2.05) is 0 Å².